The maximum atomic E-state index is 9.85. The summed E-state index contributed by atoms with van der Waals surface area (Å²) in [5, 5.41) is 20.4. The fourth-order valence-electron chi connectivity index (χ4n) is 2.61. The summed E-state index contributed by atoms with van der Waals surface area (Å²) in [6.07, 6.45) is 0.561. The number of para-hydroxylation sites is 1. The van der Waals surface area contributed by atoms with Gasteiger partial charge in [-0.25, -0.2) is 0 Å². The molecule has 4 aromatic rings. The zero-order valence-corrected chi connectivity index (χ0v) is 12.3. The van der Waals surface area contributed by atoms with Crippen molar-refractivity contribution < 1.29 is 9.52 Å². The third-order valence-electron chi connectivity index (χ3n) is 3.77. The lowest BCUT2D eigenvalue weighted by atomic mass is 10.1. The molecule has 112 valence electrons. The highest BCUT2D eigenvalue weighted by molar-refractivity contribution is 5.83. The number of fused-ring (bicyclic) bond motifs is 1. The number of aromatic nitrogens is 2. The molecule has 0 atom stereocenters. The molecule has 0 unspecified atom stereocenters. The second-order valence-corrected chi connectivity index (χ2v) is 5.38. The second-order valence-electron chi connectivity index (χ2n) is 5.38. The van der Waals surface area contributed by atoms with Crippen molar-refractivity contribution in [1.29, 1.82) is 0 Å². The van der Waals surface area contributed by atoms with Crippen molar-refractivity contribution in [2.75, 3.05) is 0 Å². The van der Waals surface area contributed by atoms with Crippen molar-refractivity contribution >= 4 is 10.8 Å². The summed E-state index contributed by atoms with van der Waals surface area (Å²) in [4.78, 5) is 0. The smallest absolute Gasteiger partial charge is 0.251 e. The van der Waals surface area contributed by atoms with E-state index in [1.807, 2.05) is 18.2 Å². The Morgan fingerprint density at radius 1 is 0.826 bits per heavy atom. The van der Waals surface area contributed by atoms with Gasteiger partial charge in [0, 0.05) is 0 Å². The van der Waals surface area contributed by atoms with Crippen molar-refractivity contribution in [3.05, 3.63) is 78.2 Å². The molecule has 3 aromatic carbocycles. The first-order valence-electron chi connectivity index (χ1n) is 7.38. The van der Waals surface area contributed by atoms with Crippen LogP contribution in [0.25, 0.3) is 22.2 Å². The van der Waals surface area contributed by atoms with Crippen molar-refractivity contribution in [2.45, 2.75) is 6.42 Å². The lowest BCUT2D eigenvalue weighted by molar-refractivity contribution is 0.469. The Balaban J connectivity index is 1.63. The van der Waals surface area contributed by atoms with Gasteiger partial charge in [0.2, 0.25) is 5.89 Å². The minimum Gasteiger partial charge on any atom is -0.507 e. The second kappa shape index (κ2) is 5.57. The highest BCUT2D eigenvalue weighted by Gasteiger charge is 2.12. The Bertz CT molecular complexity index is 976. The van der Waals surface area contributed by atoms with Gasteiger partial charge in [0.05, 0.1) is 12.0 Å². The standard InChI is InChI=1S/C19H14N2O2/c22-17-8-4-3-7-16(17)19-21-20-18(23-19)12-13-9-10-14-5-1-2-6-15(14)11-13/h1-11,22H,12H2. The Hall–Kier alpha value is -3.14. The van der Waals surface area contributed by atoms with Gasteiger partial charge in [0.15, 0.2) is 0 Å². The molecule has 0 aliphatic carbocycles. The van der Waals surface area contributed by atoms with E-state index in [-0.39, 0.29) is 5.75 Å². The molecule has 0 amide bonds. The largest absolute Gasteiger partial charge is 0.507 e. The molecule has 0 bridgehead atoms. The topological polar surface area (TPSA) is 59.2 Å². The van der Waals surface area contributed by atoms with Crippen LogP contribution in [-0.2, 0) is 6.42 Å². The molecule has 4 rings (SSSR count). The van der Waals surface area contributed by atoms with E-state index in [1.54, 1.807) is 18.2 Å². The van der Waals surface area contributed by atoms with Gasteiger partial charge in [-0.15, -0.1) is 10.2 Å². The molecule has 4 heteroatoms. The van der Waals surface area contributed by atoms with Gasteiger partial charge in [-0.1, -0.05) is 54.6 Å². The molecule has 1 N–H and O–H groups in total. The van der Waals surface area contributed by atoms with E-state index >= 15 is 0 Å². The Kier molecular flexibility index (Phi) is 3.27. The fourth-order valence-corrected chi connectivity index (χ4v) is 2.61. The van der Waals surface area contributed by atoms with E-state index in [2.05, 4.69) is 40.5 Å². The molecule has 1 aromatic heterocycles. The van der Waals surface area contributed by atoms with Gasteiger partial charge in [0.25, 0.3) is 5.89 Å². The molecule has 0 saturated heterocycles. The maximum absolute atomic E-state index is 9.85. The first-order chi connectivity index (χ1) is 11.3. The van der Waals surface area contributed by atoms with E-state index in [9.17, 15) is 5.11 Å². The van der Waals surface area contributed by atoms with Crippen molar-refractivity contribution in [3.63, 3.8) is 0 Å². The molecule has 0 aliphatic rings. The molecule has 23 heavy (non-hydrogen) atoms. The van der Waals surface area contributed by atoms with Crippen molar-refractivity contribution in [3.8, 4) is 17.2 Å². The fraction of sp³-hybridized carbons (Fsp3) is 0.0526. The van der Waals surface area contributed by atoms with Crippen LogP contribution in [0.1, 0.15) is 11.5 Å². The summed E-state index contributed by atoms with van der Waals surface area (Å²) in [5.74, 6) is 0.992. The molecule has 0 spiro atoms. The summed E-state index contributed by atoms with van der Waals surface area (Å²) in [6.45, 7) is 0. The van der Waals surface area contributed by atoms with Crippen molar-refractivity contribution in [2.24, 2.45) is 0 Å². The highest BCUT2D eigenvalue weighted by atomic mass is 16.4. The summed E-state index contributed by atoms with van der Waals surface area (Å²) >= 11 is 0. The molecule has 0 fully saturated rings. The normalized spacial score (nSPS) is 11.0. The van der Waals surface area contributed by atoms with E-state index in [1.165, 1.54) is 10.8 Å². The van der Waals surface area contributed by atoms with Crippen LogP contribution >= 0.6 is 0 Å². The van der Waals surface area contributed by atoms with Crippen LogP contribution in [0.3, 0.4) is 0 Å². The summed E-state index contributed by atoms with van der Waals surface area (Å²) in [5.41, 5.74) is 1.65. The average Bonchev–Trinajstić information content (AvgIpc) is 3.03. The van der Waals surface area contributed by atoms with Gasteiger partial charge < -0.3 is 9.52 Å². The number of hydrogen-bond donors (Lipinski definition) is 1. The highest BCUT2D eigenvalue weighted by Crippen LogP contribution is 2.27. The van der Waals surface area contributed by atoms with Gasteiger partial charge in [-0.2, -0.15) is 0 Å². The lowest BCUT2D eigenvalue weighted by Crippen LogP contribution is -1.88. The molecule has 0 radical (unpaired) electrons. The molecule has 4 nitrogen and oxygen atoms in total. The quantitative estimate of drug-likeness (QED) is 0.616. The monoisotopic (exact) mass is 302 g/mol. The van der Waals surface area contributed by atoms with E-state index in [0.717, 1.165) is 5.56 Å². The lowest BCUT2D eigenvalue weighted by Gasteiger charge is -2.01. The Morgan fingerprint density at radius 2 is 1.61 bits per heavy atom. The van der Waals surface area contributed by atoms with Gasteiger partial charge in [-0.05, 0) is 28.5 Å². The Labute approximate surface area is 133 Å². The third-order valence-corrected chi connectivity index (χ3v) is 3.77. The predicted octanol–water partition coefficient (Wildman–Crippen LogP) is 4.19. The van der Waals surface area contributed by atoms with E-state index < -0.39 is 0 Å². The number of benzene rings is 3. The van der Waals surface area contributed by atoms with Crippen LogP contribution in [0, 0.1) is 0 Å². The molecular formula is C19H14N2O2. The van der Waals surface area contributed by atoms with Crippen LogP contribution in [0.15, 0.2) is 71.1 Å². The summed E-state index contributed by atoms with van der Waals surface area (Å²) in [6, 6.07) is 21.4. The average molecular weight is 302 g/mol. The zero-order chi connectivity index (χ0) is 15.6. The van der Waals surface area contributed by atoms with Crippen LogP contribution < -0.4 is 0 Å². The first-order valence-corrected chi connectivity index (χ1v) is 7.38. The van der Waals surface area contributed by atoms with E-state index in [0.29, 0.717) is 23.8 Å². The number of aromatic hydroxyl groups is 1. The molecule has 0 aliphatic heterocycles. The number of nitrogens with zero attached hydrogens (tertiary/aromatic N) is 2. The molecular weight excluding hydrogens is 288 g/mol. The SMILES string of the molecule is Oc1ccccc1-c1nnc(Cc2ccc3ccccc3c2)o1. The minimum atomic E-state index is 0.133. The molecule has 0 saturated carbocycles. The summed E-state index contributed by atoms with van der Waals surface area (Å²) in [7, 11) is 0. The maximum Gasteiger partial charge on any atom is 0.251 e. The van der Waals surface area contributed by atoms with Gasteiger partial charge in [-0.3, -0.25) is 0 Å². The minimum absolute atomic E-state index is 0.133. The van der Waals surface area contributed by atoms with Gasteiger partial charge in [0.1, 0.15) is 5.75 Å². The van der Waals surface area contributed by atoms with E-state index in [4.69, 9.17) is 4.42 Å². The number of hydrogen-bond acceptors (Lipinski definition) is 4. The number of phenolic OH excluding ortho intramolecular Hbond substituents is 1. The van der Waals surface area contributed by atoms with Crippen molar-refractivity contribution in [1.82, 2.24) is 10.2 Å². The first kappa shape index (κ1) is 13.5. The number of phenols is 1. The molecule has 1 heterocycles. The third kappa shape index (κ3) is 2.66. The predicted molar refractivity (Wildman–Crippen MR) is 88.2 cm³/mol. The van der Waals surface area contributed by atoms with Gasteiger partial charge >= 0.3 is 0 Å². The van der Waals surface area contributed by atoms with Crippen LogP contribution in [-0.4, -0.2) is 15.3 Å². The zero-order valence-electron chi connectivity index (χ0n) is 12.3. The summed E-state index contributed by atoms with van der Waals surface area (Å²) < 4.78 is 5.68. The Morgan fingerprint density at radius 3 is 2.48 bits per heavy atom. The van der Waals surface area contributed by atoms with Crippen LogP contribution in [0.4, 0.5) is 0 Å². The van der Waals surface area contributed by atoms with Crippen LogP contribution in [0.5, 0.6) is 5.75 Å². The van der Waals surface area contributed by atoms with Crippen LogP contribution in [0.2, 0.25) is 0 Å². The number of rotatable bonds is 3.